The molecule has 7 heteroatoms. The molecule has 2 aromatic carbocycles. The molecule has 0 aliphatic heterocycles. The smallest absolute Gasteiger partial charge is 0.137 e. The number of hydrogen-bond acceptors (Lipinski definition) is 4. The SMILES string of the molecule is CC(O)C(c1ccc(Oc2ccc(Cl)cc2)cc1Cl)n1cncn1. The standard InChI is InChI=1S/C17H15Cl2N3O2/c1-11(23)17(22-10-20-9-21-22)15-7-6-14(8-16(15)19)24-13-4-2-12(18)3-5-13/h2-11,17,23H,1H3. The first kappa shape index (κ1) is 16.8. The Kier molecular flexibility index (Phi) is 5.04. The van der Waals surface area contributed by atoms with E-state index in [1.807, 2.05) is 6.07 Å². The molecule has 0 amide bonds. The minimum absolute atomic E-state index is 0.426. The van der Waals surface area contributed by atoms with Crippen LogP contribution in [0.5, 0.6) is 11.5 Å². The Bertz CT molecular complexity index is 805. The minimum atomic E-state index is -0.688. The zero-order chi connectivity index (χ0) is 17.1. The van der Waals surface area contributed by atoms with Crippen molar-refractivity contribution in [3.8, 4) is 11.5 Å². The summed E-state index contributed by atoms with van der Waals surface area (Å²) in [5.41, 5.74) is 0.737. The van der Waals surface area contributed by atoms with Crippen LogP contribution >= 0.6 is 23.2 Å². The fourth-order valence-corrected chi connectivity index (χ4v) is 2.84. The number of ether oxygens (including phenoxy) is 1. The summed E-state index contributed by atoms with van der Waals surface area (Å²) in [6.45, 7) is 1.68. The van der Waals surface area contributed by atoms with E-state index in [1.54, 1.807) is 54.3 Å². The predicted molar refractivity (Wildman–Crippen MR) is 92.8 cm³/mol. The maximum atomic E-state index is 10.1. The van der Waals surface area contributed by atoms with E-state index >= 15 is 0 Å². The molecule has 1 aromatic heterocycles. The van der Waals surface area contributed by atoms with Gasteiger partial charge in [0.2, 0.25) is 0 Å². The highest BCUT2D eigenvalue weighted by atomic mass is 35.5. The van der Waals surface area contributed by atoms with Crippen molar-refractivity contribution in [2.75, 3.05) is 0 Å². The highest BCUT2D eigenvalue weighted by Gasteiger charge is 2.23. The molecule has 24 heavy (non-hydrogen) atoms. The van der Waals surface area contributed by atoms with Crippen LogP contribution in [0.25, 0.3) is 0 Å². The Morgan fingerprint density at radius 3 is 2.38 bits per heavy atom. The predicted octanol–water partition coefficient (Wildman–Crippen LogP) is 4.35. The molecule has 0 aliphatic rings. The zero-order valence-corrected chi connectivity index (χ0v) is 14.3. The lowest BCUT2D eigenvalue weighted by atomic mass is 10.0. The first-order valence-electron chi connectivity index (χ1n) is 7.29. The van der Waals surface area contributed by atoms with Crippen LogP contribution < -0.4 is 4.74 Å². The third-order valence-electron chi connectivity index (χ3n) is 3.52. The molecule has 2 unspecified atom stereocenters. The summed E-state index contributed by atoms with van der Waals surface area (Å²) in [7, 11) is 0. The Morgan fingerprint density at radius 2 is 1.79 bits per heavy atom. The first-order chi connectivity index (χ1) is 11.5. The molecule has 0 bridgehead atoms. The van der Waals surface area contributed by atoms with E-state index in [0.717, 1.165) is 5.56 Å². The molecule has 124 valence electrons. The van der Waals surface area contributed by atoms with Gasteiger partial charge < -0.3 is 9.84 Å². The second-order valence-corrected chi connectivity index (χ2v) is 6.14. The third kappa shape index (κ3) is 3.70. The lowest BCUT2D eigenvalue weighted by molar-refractivity contribution is 0.142. The highest BCUT2D eigenvalue weighted by molar-refractivity contribution is 6.31. The van der Waals surface area contributed by atoms with Crippen LogP contribution in [-0.2, 0) is 0 Å². The van der Waals surface area contributed by atoms with E-state index in [9.17, 15) is 5.11 Å². The van der Waals surface area contributed by atoms with E-state index in [2.05, 4.69) is 10.1 Å². The summed E-state index contributed by atoms with van der Waals surface area (Å²) in [5.74, 6) is 1.25. The number of rotatable bonds is 5. The number of hydrogen-bond donors (Lipinski definition) is 1. The number of aromatic nitrogens is 3. The van der Waals surface area contributed by atoms with Crippen molar-refractivity contribution >= 4 is 23.2 Å². The Balaban J connectivity index is 1.87. The molecule has 0 spiro atoms. The average molecular weight is 364 g/mol. The van der Waals surface area contributed by atoms with Crippen LogP contribution in [-0.4, -0.2) is 26.0 Å². The van der Waals surface area contributed by atoms with Crippen molar-refractivity contribution in [2.24, 2.45) is 0 Å². The van der Waals surface area contributed by atoms with Crippen molar-refractivity contribution in [3.05, 3.63) is 70.7 Å². The zero-order valence-electron chi connectivity index (χ0n) is 12.8. The number of benzene rings is 2. The molecular weight excluding hydrogens is 349 g/mol. The largest absolute Gasteiger partial charge is 0.457 e. The van der Waals surface area contributed by atoms with Crippen LogP contribution in [0.1, 0.15) is 18.5 Å². The van der Waals surface area contributed by atoms with E-state index in [1.165, 1.54) is 6.33 Å². The van der Waals surface area contributed by atoms with Crippen molar-refractivity contribution in [1.82, 2.24) is 14.8 Å². The summed E-state index contributed by atoms with van der Waals surface area (Å²) in [6.07, 6.45) is 2.28. The molecule has 2 atom stereocenters. The van der Waals surface area contributed by atoms with Gasteiger partial charge in [0, 0.05) is 10.0 Å². The van der Waals surface area contributed by atoms with Gasteiger partial charge in [0.25, 0.3) is 0 Å². The summed E-state index contributed by atoms with van der Waals surface area (Å²) in [6, 6.07) is 11.9. The normalized spacial score (nSPS) is 13.5. The van der Waals surface area contributed by atoms with Gasteiger partial charge in [0.05, 0.1) is 6.10 Å². The number of aliphatic hydroxyl groups is 1. The molecule has 1 heterocycles. The Labute approximate surface area is 149 Å². The number of halogens is 2. The maximum absolute atomic E-state index is 10.1. The topological polar surface area (TPSA) is 60.2 Å². The van der Waals surface area contributed by atoms with E-state index in [-0.39, 0.29) is 0 Å². The van der Waals surface area contributed by atoms with Gasteiger partial charge in [-0.05, 0) is 48.9 Å². The number of nitrogens with zero attached hydrogens (tertiary/aromatic N) is 3. The molecule has 0 aliphatic carbocycles. The van der Waals surface area contributed by atoms with Gasteiger partial charge >= 0.3 is 0 Å². The van der Waals surface area contributed by atoms with Crippen molar-refractivity contribution < 1.29 is 9.84 Å². The molecular formula is C17H15Cl2N3O2. The first-order valence-corrected chi connectivity index (χ1v) is 8.05. The van der Waals surface area contributed by atoms with Crippen molar-refractivity contribution in [1.29, 1.82) is 0 Å². The van der Waals surface area contributed by atoms with Crippen LogP contribution in [0.15, 0.2) is 55.1 Å². The molecule has 0 saturated heterocycles. The molecule has 0 fully saturated rings. The molecule has 0 saturated carbocycles. The van der Waals surface area contributed by atoms with Crippen LogP contribution in [0.2, 0.25) is 10.0 Å². The van der Waals surface area contributed by atoms with Gasteiger partial charge in [-0.1, -0.05) is 29.3 Å². The fourth-order valence-electron chi connectivity index (χ4n) is 2.43. The molecule has 1 N–H and O–H groups in total. The third-order valence-corrected chi connectivity index (χ3v) is 4.10. The van der Waals surface area contributed by atoms with Gasteiger partial charge in [-0.25, -0.2) is 9.67 Å². The van der Waals surface area contributed by atoms with E-state index in [4.69, 9.17) is 27.9 Å². The summed E-state index contributed by atoms with van der Waals surface area (Å²) in [4.78, 5) is 3.92. The minimum Gasteiger partial charge on any atom is -0.457 e. The van der Waals surface area contributed by atoms with Crippen LogP contribution in [0, 0.1) is 0 Å². The lowest BCUT2D eigenvalue weighted by Gasteiger charge is -2.22. The second kappa shape index (κ2) is 7.21. The van der Waals surface area contributed by atoms with Crippen molar-refractivity contribution in [2.45, 2.75) is 19.1 Å². The molecule has 0 radical (unpaired) electrons. The summed E-state index contributed by atoms with van der Waals surface area (Å²) < 4.78 is 7.33. The van der Waals surface area contributed by atoms with Gasteiger partial charge in [0.15, 0.2) is 0 Å². The monoisotopic (exact) mass is 363 g/mol. The Hall–Kier alpha value is -2.08. The summed E-state index contributed by atoms with van der Waals surface area (Å²) in [5, 5.41) is 15.3. The van der Waals surface area contributed by atoms with E-state index in [0.29, 0.717) is 21.5 Å². The fraction of sp³-hybridized carbons (Fsp3) is 0.176. The Morgan fingerprint density at radius 1 is 1.08 bits per heavy atom. The van der Waals surface area contributed by atoms with Crippen LogP contribution in [0.3, 0.4) is 0 Å². The van der Waals surface area contributed by atoms with Gasteiger partial charge in [0.1, 0.15) is 30.2 Å². The number of aliphatic hydroxyl groups excluding tert-OH is 1. The van der Waals surface area contributed by atoms with E-state index < -0.39 is 12.1 Å². The molecule has 5 nitrogen and oxygen atoms in total. The van der Waals surface area contributed by atoms with Gasteiger partial charge in [-0.2, -0.15) is 5.10 Å². The molecule has 3 rings (SSSR count). The van der Waals surface area contributed by atoms with Gasteiger partial charge in [-0.3, -0.25) is 0 Å². The summed E-state index contributed by atoms with van der Waals surface area (Å²) >= 11 is 12.3. The average Bonchev–Trinajstić information content (AvgIpc) is 3.06. The van der Waals surface area contributed by atoms with Gasteiger partial charge in [-0.15, -0.1) is 0 Å². The molecule has 3 aromatic rings. The second-order valence-electron chi connectivity index (χ2n) is 5.30. The quantitative estimate of drug-likeness (QED) is 0.731. The maximum Gasteiger partial charge on any atom is 0.137 e. The van der Waals surface area contributed by atoms with Crippen molar-refractivity contribution in [3.63, 3.8) is 0 Å². The lowest BCUT2D eigenvalue weighted by Crippen LogP contribution is -2.23. The highest BCUT2D eigenvalue weighted by Crippen LogP contribution is 2.33. The van der Waals surface area contributed by atoms with Crippen LogP contribution in [0.4, 0.5) is 0 Å².